The van der Waals surface area contributed by atoms with Crippen LogP contribution in [0.1, 0.15) is 96.1 Å². The van der Waals surface area contributed by atoms with Gasteiger partial charge in [0.15, 0.2) is 0 Å². The molecule has 31 heavy (non-hydrogen) atoms. The molecule has 0 saturated heterocycles. The van der Waals surface area contributed by atoms with Gasteiger partial charge < -0.3 is 9.47 Å². The van der Waals surface area contributed by atoms with Crippen molar-refractivity contribution in [3.05, 3.63) is 47.0 Å². The molecule has 2 heteroatoms. The second kappa shape index (κ2) is 12.8. The molecule has 0 heterocycles. The van der Waals surface area contributed by atoms with E-state index in [9.17, 15) is 0 Å². The zero-order valence-corrected chi connectivity index (χ0v) is 20.1. The zero-order chi connectivity index (χ0) is 21.9. The fourth-order valence-electron chi connectivity index (χ4n) is 4.60. The monoisotopic (exact) mass is 422 g/mol. The normalized spacial score (nSPS) is 13.2. The van der Waals surface area contributed by atoms with Crippen molar-refractivity contribution in [2.45, 2.75) is 97.8 Å². The Bertz CT molecular complexity index is 849. The van der Waals surface area contributed by atoms with Crippen LogP contribution < -0.4 is 9.47 Å². The molecule has 1 aliphatic carbocycles. The fraction of sp³-hybridized carbons (Fsp3) is 0.586. The van der Waals surface area contributed by atoms with E-state index in [0.29, 0.717) is 0 Å². The number of fused-ring (bicyclic) bond motifs is 2. The lowest BCUT2D eigenvalue weighted by Crippen LogP contribution is -2.12. The first kappa shape index (κ1) is 23.7. The summed E-state index contributed by atoms with van der Waals surface area (Å²) in [6, 6.07) is 8.70. The molecule has 0 unspecified atom stereocenters. The van der Waals surface area contributed by atoms with Crippen LogP contribution in [-0.4, -0.2) is 13.2 Å². The van der Waals surface area contributed by atoms with Crippen LogP contribution in [0.25, 0.3) is 10.8 Å². The van der Waals surface area contributed by atoms with Gasteiger partial charge in [0, 0.05) is 21.9 Å². The van der Waals surface area contributed by atoms with Gasteiger partial charge in [0.1, 0.15) is 11.5 Å². The Hall–Kier alpha value is -1.96. The molecule has 0 spiro atoms. The van der Waals surface area contributed by atoms with Gasteiger partial charge in [-0.2, -0.15) is 0 Å². The van der Waals surface area contributed by atoms with Crippen LogP contribution in [-0.2, 0) is 12.8 Å². The average molecular weight is 423 g/mol. The molecule has 0 N–H and O–H groups in total. The van der Waals surface area contributed by atoms with E-state index in [1.807, 2.05) is 0 Å². The van der Waals surface area contributed by atoms with Gasteiger partial charge in [-0.15, -0.1) is 0 Å². The van der Waals surface area contributed by atoms with E-state index in [4.69, 9.17) is 9.47 Å². The van der Waals surface area contributed by atoms with Crippen molar-refractivity contribution >= 4 is 10.8 Å². The largest absolute Gasteiger partial charge is 0.493 e. The summed E-state index contributed by atoms with van der Waals surface area (Å²) in [7, 11) is 0. The van der Waals surface area contributed by atoms with Gasteiger partial charge in [-0.1, -0.05) is 95.2 Å². The highest BCUT2D eigenvalue weighted by Gasteiger charge is 2.24. The number of hydrogen-bond donors (Lipinski definition) is 0. The summed E-state index contributed by atoms with van der Waals surface area (Å²) in [6.45, 7) is 8.37. The van der Waals surface area contributed by atoms with Gasteiger partial charge in [-0.3, -0.25) is 0 Å². The minimum absolute atomic E-state index is 0.800. The second-order valence-corrected chi connectivity index (χ2v) is 8.97. The van der Waals surface area contributed by atoms with Crippen LogP contribution in [0.5, 0.6) is 11.5 Å². The van der Waals surface area contributed by atoms with E-state index < -0.39 is 0 Å². The number of allylic oxidation sites excluding steroid dienone is 2. The molecule has 170 valence electrons. The number of ether oxygens (including phenoxy) is 2. The topological polar surface area (TPSA) is 18.5 Å². The Labute approximate surface area is 190 Å². The highest BCUT2D eigenvalue weighted by molar-refractivity contribution is 5.96. The summed E-state index contributed by atoms with van der Waals surface area (Å²) in [6.07, 6.45) is 16.7. The molecule has 0 bridgehead atoms. The van der Waals surface area contributed by atoms with Gasteiger partial charge in [0.05, 0.1) is 13.2 Å². The molecule has 2 nitrogen and oxygen atoms in total. The molecule has 0 radical (unpaired) electrons. The van der Waals surface area contributed by atoms with E-state index in [1.165, 1.54) is 73.3 Å². The molecule has 0 fully saturated rings. The Morgan fingerprint density at radius 3 is 1.81 bits per heavy atom. The van der Waals surface area contributed by atoms with E-state index in [2.05, 4.69) is 51.1 Å². The van der Waals surface area contributed by atoms with Gasteiger partial charge in [0.2, 0.25) is 0 Å². The van der Waals surface area contributed by atoms with E-state index in [0.717, 1.165) is 50.4 Å². The van der Waals surface area contributed by atoms with Gasteiger partial charge >= 0.3 is 0 Å². The number of benzene rings is 2. The molecular formula is C29H42O2. The van der Waals surface area contributed by atoms with Crippen molar-refractivity contribution in [3.63, 3.8) is 0 Å². The van der Waals surface area contributed by atoms with Crippen molar-refractivity contribution in [3.8, 4) is 11.5 Å². The minimum Gasteiger partial charge on any atom is -0.493 e. The predicted molar refractivity (Wildman–Crippen MR) is 134 cm³/mol. The maximum atomic E-state index is 6.51. The first-order chi connectivity index (χ1) is 15.3. The lowest BCUT2D eigenvalue weighted by atomic mass is 9.85. The SMILES string of the molecule is CCCCCOc1c2c(c(OCCCCC)c3ccccc13)CC(CCCCC)=CC2. The second-order valence-electron chi connectivity index (χ2n) is 8.97. The van der Waals surface area contributed by atoms with Crippen LogP contribution in [0.2, 0.25) is 0 Å². The van der Waals surface area contributed by atoms with Crippen LogP contribution >= 0.6 is 0 Å². The van der Waals surface area contributed by atoms with Crippen molar-refractivity contribution < 1.29 is 9.47 Å². The number of unbranched alkanes of at least 4 members (excludes halogenated alkanes) is 6. The van der Waals surface area contributed by atoms with Crippen LogP contribution in [0.4, 0.5) is 0 Å². The third-order valence-corrected chi connectivity index (χ3v) is 6.42. The zero-order valence-electron chi connectivity index (χ0n) is 20.1. The summed E-state index contributed by atoms with van der Waals surface area (Å²) < 4.78 is 13.0. The van der Waals surface area contributed by atoms with E-state index in [1.54, 1.807) is 5.57 Å². The van der Waals surface area contributed by atoms with Gasteiger partial charge in [-0.05, 0) is 38.5 Å². The lowest BCUT2D eigenvalue weighted by molar-refractivity contribution is 0.298. The van der Waals surface area contributed by atoms with Gasteiger partial charge in [0.25, 0.3) is 0 Å². The smallest absolute Gasteiger partial charge is 0.131 e. The lowest BCUT2D eigenvalue weighted by Gasteiger charge is -2.26. The number of rotatable bonds is 14. The van der Waals surface area contributed by atoms with Crippen molar-refractivity contribution in [2.75, 3.05) is 13.2 Å². The summed E-state index contributed by atoms with van der Waals surface area (Å²) in [5.41, 5.74) is 4.32. The Balaban J connectivity index is 1.95. The van der Waals surface area contributed by atoms with Crippen LogP contribution in [0.15, 0.2) is 35.9 Å². The van der Waals surface area contributed by atoms with E-state index >= 15 is 0 Å². The first-order valence-corrected chi connectivity index (χ1v) is 12.8. The quantitative estimate of drug-likeness (QED) is 0.224. The van der Waals surface area contributed by atoms with Crippen molar-refractivity contribution in [1.82, 2.24) is 0 Å². The fourth-order valence-corrected chi connectivity index (χ4v) is 4.60. The third kappa shape index (κ3) is 6.28. The molecule has 2 aromatic rings. The molecule has 0 amide bonds. The first-order valence-electron chi connectivity index (χ1n) is 12.8. The maximum Gasteiger partial charge on any atom is 0.131 e. The highest BCUT2D eigenvalue weighted by Crippen LogP contribution is 2.44. The Kier molecular flexibility index (Phi) is 9.78. The Morgan fingerprint density at radius 2 is 1.23 bits per heavy atom. The van der Waals surface area contributed by atoms with Gasteiger partial charge in [-0.25, -0.2) is 0 Å². The molecule has 0 aromatic heterocycles. The summed E-state index contributed by atoms with van der Waals surface area (Å²) in [5, 5.41) is 2.43. The molecule has 1 aliphatic rings. The van der Waals surface area contributed by atoms with Crippen molar-refractivity contribution in [1.29, 1.82) is 0 Å². The average Bonchev–Trinajstić information content (AvgIpc) is 2.80. The van der Waals surface area contributed by atoms with E-state index in [-0.39, 0.29) is 0 Å². The molecular weight excluding hydrogens is 380 g/mol. The molecule has 2 aromatic carbocycles. The standard InChI is InChI=1S/C29H42O2/c1-4-7-10-15-23-18-19-26-27(22-23)29(31-21-14-9-6-3)25-17-12-11-16-24(25)28(26)30-20-13-8-5-2/h11-12,16-18H,4-10,13-15,19-22H2,1-3H3. The summed E-state index contributed by atoms with van der Waals surface area (Å²) >= 11 is 0. The van der Waals surface area contributed by atoms with Crippen molar-refractivity contribution in [2.24, 2.45) is 0 Å². The third-order valence-electron chi connectivity index (χ3n) is 6.42. The highest BCUT2D eigenvalue weighted by atomic mass is 16.5. The Morgan fingerprint density at radius 1 is 0.677 bits per heavy atom. The minimum atomic E-state index is 0.800. The summed E-state index contributed by atoms with van der Waals surface area (Å²) in [4.78, 5) is 0. The molecule has 0 atom stereocenters. The molecule has 0 aliphatic heterocycles. The molecule has 0 saturated carbocycles. The van der Waals surface area contributed by atoms with Crippen LogP contribution in [0, 0.1) is 0 Å². The van der Waals surface area contributed by atoms with Crippen LogP contribution in [0.3, 0.4) is 0 Å². The maximum absolute atomic E-state index is 6.51. The summed E-state index contributed by atoms with van der Waals surface area (Å²) in [5.74, 6) is 2.22. The number of hydrogen-bond acceptors (Lipinski definition) is 2. The molecule has 3 rings (SSSR count). The predicted octanol–water partition coefficient (Wildman–Crippen LogP) is 8.58.